The van der Waals surface area contributed by atoms with Crippen LogP contribution in [0.25, 0.3) is 0 Å². The molecule has 1 heterocycles. The minimum Gasteiger partial charge on any atom is -0.497 e. The molecule has 0 bridgehead atoms. The fourth-order valence-electron chi connectivity index (χ4n) is 3.24. The highest BCUT2D eigenvalue weighted by Crippen LogP contribution is 2.30. The van der Waals surface area contributed by atoms with Crippen molar-refractivity contribution >= 4 is 5.91 Å². The molecule has 0 aliphatic carbocycles. The van der Waals surface area contributed by atoms with Gasteiger partial charge in [-0.2, -0.15) is 0 Å². The van der Waals surface area contributed by atoms with Crippen LogP contribution >= 0.6 is 0 Å². The van der Waals surface area contributed by atoms with Crippen molar-refractivity contribution in [2.45, 2.75) is 45.8 Å². The van der Waals surface area contributed by atoms with Crippen molar-refractivity contribution in [3.63, 3.8) is 0 Å². The SMILES string of the molecule is CCC(CC)C(C)N1C(=O)CNC1c1ccc(OC)cc1. The number of benzene rings is 1. The number of nitrogens with one attached hydrogen (secondary N) is 1. The van der Waals surface area contributed by atoms with Gasteiger partial charge in [-0.3, -0.25) is 10.1 Å². The lowest BCUT2D eigenvalue weighted by Gasteiger charge is -2.35. The molecule has 1 amide bonds. The molecule has 21 heavy (non-hydrogen) atoms. The van der Waals surface area contributed by atoms with Gasteiger partial charge in [0.2, 0.25) is 5.91 Å². The van der Waals surface area contributed by atoms with Crippen LogP contribution in [0.3, 0.4) is 0 Å². The molecule has 0 saturated carbocycles. The maximum atomic E-state index is 12.3. The second kappa shape index (κ2) is 6.94. The Balaban J connectivity index is 2.22. The van der Waals surface area contributed by atoms with E-state index >= 15 is 0 Å². The van der Waals surface area contributed by atoms with Crippen LogP contribution in [0.2, 0.25) is 0 Å². The van der Waals surface area contributed by atoms with E-state index in [9.17, 15) is 4.79 Å². The summed E-state index contributed by atoms with van der Waals surface area (Å²) in [6.45, 7) is 6.97. The largest absolute Gasteiger partial charge is 0.497 e. The lowest BCUT2D eigenvalue weighted by molar-refractivity contribution is -0.131. The molecular formula is C17H26N2O2. The number of nitrogens with zero attached hydrogens (tertiary/aromatic N) is 1. The number of amides is 1. The third-order valence-electron chi connectivity index (χ3n) is 4.61. The third kappa shape index (κ3) is 3.21. The van der Waals surface area contributed by atoms with Crippen LogP contribution in [0.1, 0.15) is 45.3 Å². The van der Waals surface area contributed by atoms with Gasteiger partial charge in [-0.05, 0) is 30.5 Å². The number of hydrogen-bond acceptors (Lipinski definition) is 3. The summed E-state index contributed by atoms with van der Waals surface area (Å²) in [5, 5.41) is 3.33. The maximum absolute atomic E-state index is 12.3. The Labute approximate surface area is 127 Å². The lowest BCUT2D eigenvalue weighted by Crippen LogP contribution is -2.42. The standard InChI is InChI=1S/C17H26N2O2/c1-5-13(6-2)12(3)19-16(20)11-18-17(19)14-7-9-15(21-4)10-8-14/h7-10,12-13,17-18H,5-6,11H2,1-4H3. The van der Waals surface area contributed by atoms with Gasteiger partial charge in [0.05, 0.1) is 13.7 Å². The summed E-state index contributed by atoms with van der Waals surface area (Å²) >= 11 is 0. The van der Waals surface area contributed by atoms with E-state index in [1.165, 1.54) is 0 Å². The van der Waals surface area contributed by atoms with Gasteiger partial charge in [-0.15, -0.1) is 0 Å². The Morgan fingerprint density at radius 1 is 1.29 bits per heavy atom. The van der Waals surface area contributed by atoms with Gasteiger partial charge in [0.25, 0.3) is 0 Å². The first kappa shape index (κ1) is 15.8. The molecule has 1 aliphatic rings. The molecule has 0 aromatic heterocycles. The normalized spacial score (nSPS) is 20.1. The fraction of sp³-hybridized carbons (Fsp3) is 0.588. The molecule has 1 aromatic carbocycles. The monoisotopic (exact) mass is 290 g/mol. The molecule has 0 radical (unpaired) electrons. The molecule has 4 nitrogen and oxygen atoms in total. The second-order valence-corrected chi connectivity index (χ2v) is 5.67. The molecule has 1 saturated heterocycles. The van der Waals surface area contributed by atoms with E-state index in [1.54, 1.807) is 7.11 Å². The summed E-state index contributed by atoms with van der Waals surface area (Å²) in [6.07, 6.45) is 2.16. The summed E-state index contributed by atoms with van der Waals surface area (Å²) in [6, 6.07) is 8.19. The summed E-state index contributed by atoms with van der Waals surface area (Å²) in [4.78, 5) is 14.3. The van der Waals surface area contributed by atoms with E-state index in [-0.39, 0.29) is 18.1 Å². The van der Waals surface area contributed by atoms with E-state index < -0.39 is 0 Å². The van der Waals surface area contributed by atoms with Crippen LogP contribution in [0.4, 0.5) is 0 Å². The molecule has 0 spiro atoms. The Morgan fingerprint density at radius 2 is 1.90 bits per heavy atom. The number of rotatable bonds is 6. The fourth-order valence-corrected chi connectivity index (χ4v) is 3.24. The first-order valence-electron chi connectivity index (χ1n) is 7.80. The Hall–Kier alpha value is -1.55. The molecule has 1 fully saturated rings. The summed E-state index contributed by atoms with van der Waals surface area (Å²) in [5.41, 5.74) is 1.11. The van der Waals surface area contributed by atoms with Crippen LogP contribution in [0.5, 0.6) is 5.75 Å². The van der Waals surface area contributed by atoms with Crippen LogP contribution in [0, 0.1) is 5.92 Å². The summed E-state index contributed by atoms with van der Waals surface area (Å²) in [7, 11) is 1.66. The Morgan fingerprint density at radius 3 is 2.43 bits per heavy atom. The number of ether oxygens (including phenoxy) is 1. The quantitative estimate of drug-likeness (QED) is 0.876. The van der Waals surface area contributed by atoms with Gasteiger partial charge >= 0.3 is 0 Å². The van der Waals surface area contributed by atoms with Crippen LogP contribution in [0.15, 0.2) is 24.3 Å². The first-order valence-corrected chi connectivity index (χ1v) is 7.80. The van der Waals surface area contributed by atoms with Crippen molar-refractivity contribution in [1.82, 2.24) is 10.2 Å². The molecule has 1 aliphatic heterocycles. The van der Waals surface area contributed by atoms with Crippen molar-refractivity contribution in [2.24, 2.45) is 5.92 Å². The molecule has 2 rings (SSSR count). The summed E-state index contributed by atoms with van der Waals surface area (Å²) in [5.74, 6) is 1.56. The minimum absolute atomic E-state index is 0.0287. The predicted octanol–water partition coefficient (Wildman–Crippen LogP) is 2.95. The molecule has 116 valence electrons. The Bertz CT molecular complexity index is 468. The zero-order valence-corrected chi connectivity index (χ0v) is 13.4. The zero-order valence-electron chi connectivity index (χ0n) is 13.4. The molecule has 1 N–H and O–H groups in total. The minimum atomic E-state index is -0.0287. The highest BCUT2D eigenvalue weighted by molar-refractivity contribution is 5.81. The third-order valence-corrected chi connectivity index (χ3v) is 4.61. The summed E-state index contributed by atoms with van der Waals surface area (Å²) < 4.78 is 5.20. The number of carbonyl (C=O) groups excluding carboxylic acids is 1. The molecule has 1 aromatic rings. The second-order valence-electron chi connectivity index (χ2n) is 5.67. The van der Waals surface area contributed by atoms with E-state index in [4.69, 9.17) is 4.74 Å². The van der Waals surface area contributed by atoms with Gasteiger partial charge in [0, 0.05) is 6.04 Å². The van der Waals surface area contributed by atoms with Gasteiger partial charge in [-0.25, -0.2) is 0 Å². The molecule has 2 unspecified atom stereocenters. The molecular weight excluding hydrogens is 264 g/mol. The van der Waals surface area contributed by atoms with Gasteiger partial charge in [-0.1, -0.05) is 38.8 Å². The number of methoxy groups -OCH3 is 1. The van der Waals surface area contributed by atoms with Crippen LogP contribution in [-0.4, -0.2) is 30.5 Å². The zero-order chi connectivity index (χ0) is 15.4. The van der Waals surface area contributed by atoms with Gasteiger partial charge < -0.3 is 9.64 Å². The van der Waals surface area contributed by atoms with E-state index in [0.717, 1.165) is 24.2 Å². The van der Waals surface area contributed by atoms with Crippen molar-refractivity contribution < 1.29 is 9.53 Å². The van der Waals surface area contributed by atoms with E-state index in [0.29, 0.717) is 12.5 Å². The first-order chi connectivity index (χ1) is 10.1. The van der Waals surface area contributed by atoms with Crippen molar-refractivity contribution in [1.29, 1.82) is 0 Å². The smallest absolute Gasteiger partial charge is 0.238 e. The average molecular weight is 290 g/mol. The topological polar surface area (TPSA) is 41.6 Å². The maximum Gasteiger partial charge on any atom is 0.238 e. The number of carbonyl (C=O) groups is 1. The molecule has 2 atom stereocenters. The van der Waals surface area contributed by atoms with Crippen LogP contribution < -0.4 is 10.1 Å². The van der Waals surface area contributed by atoms with Crippen molar-refractivity contribution in [3.8, 4) is 5.75 Å². The van der Waals surface area contributed by atoms with Crippen molar-refractivity contribution in [2.75, 3.05) is 13.7 Å². The van der Waals surface area contributed by atoms with Crippen molar-refractivity contribution in [3.05, 3.63) is 29.8 Å². The van der Waals surface area contributed by atoms with E-state index in [1.807, 2.05) is 29.2 Å². The van der Waals surface area contributed by atoms with Gasteiger partial charge in [0.1, 0.15) is 11.9 Å². The van der Waals surface area contributed by atoms with E-state index in [2.05, 4.69) is 26.1 Å². The molecule has 4 heteroatoms. The average Bonchev–Trinajstić information content (AvgIpc) is 2.90. The highest BCUT2D eigenvalue weighted by Gasteiger charge is 2.37. The van der Waals surface area contributed by atoms with Crippen LogP contribution in [-0.2, 0) is 4.79 Å². The number of hydrogen-bond donors (Lipinski definition) is 1. The van der Waals surface area contributed by atoms with Gasteiger partial charge in [0.15, 0.2) is 0 Å². The highest BCUT2D eigenvalue weighted by atomic mass is 16.5. The predicted molar refractivity (Wildman–Crippen MR) is 84.1 cm³/mol. The lowest BCUT2D eigenvalue weighted by atomic mass is 9.93. The Kier molecular flexibility index (Phi) is 5.23.